The van der Waals surface area contributed by atoms with E-state index in [-0.39, 0.29) is 0 Å². The first-order valence-corrected chi connectivity index (χ1v) is 7.71. The molecular weight excluding hydrogens is 284 g/mol. The number of carboxylic acids is 1. The van der Waals surface area contributed by atoms with Crippen molar-refractivity contribution < 1.29 is 9.90 Å². The first-order chi connectivity index (χ1) is 10.2. The number of hydrogen-bond acceptors (Lipinski definition) is 3. The highest BCUT2D eigenvalue weighted by molar-refractivity contribution is 7.20. The third kappa shape index (κ3) is 1.97. The smallest absolute Gasteiger partial charge is 0.345 e. The van der Waals surface area contributed by atoms with Crippen LogP contribution in [-0.4, -0.2) is 22.2 Å². The van der Waals surface area contributed by atoms with Crippen LogP contribution in [0.2, 0.25) is 0 Å². The van der Waals surface area contributed by atoms with Gasteiger partial charge in [-0.25, -0.2) is 4.79 Å². The predicted molar refractivity (Wildman–Crippen MR) is 83.9 cm³/mol. The van der Waals surface area contributed by atoms with Gasteiger partial charge in [0.2, 0.25) is 0 Å². The summed E-state index contributed by atoms with van der Waals surface area (Å²) in [5.74, 6) is -0.852. The molecule has 21 heavy (non-hydrogen) atoms. The average molecular weight is 298 g/mol. The van der Waals surface area contributed by atoms with Gasteiger partial charge in [0, 0.05) is 25.2 Å². The number of nitrogens with one attached hydrogen (secondary N) is 1. The molecule has 1 aromatic carbocycles. The molecule has 3 aromatic rings. The van der Waals surface area contributed by atoms with Crippen LogP contribution in [-0.2, 0) is 13.1 Å². The van der Waals surface area contributed by atoms with Gasteiger partial charge in [0.25, 0.3) is 0 Å². The van der Waals surface area contributed by atoms with Crippen LogP contribution in [0.25, 0.3) is 21.5 Å². The molecule has 5 heteroatoms. The number of carbonyl (C=O) groups is 1. The standard InChI is InChI=1S/C16H14N2O2S/c19-16(20)15-8-13-14(21-15)7-12-11-4-2-1-3-10(11)9-17-5-6-18(12)13/h1-4,7-8,17H,5-6,9H2,(H,19,20). The Hall–Kier alpha value is -2.11. The molecule has 0 radical (unpaired) electrons. The summed E-state index contributed by atoms with van der Waals surface area (Å²) < 4.78 is 3.27. The quantitative estimate of drug-likeness (QED) is 0.725. The predicted octanol–water partition coefficient (Wildman–Crippen LogP) is 3.17. The van der Waals surface area contributed by atoms with Gasteiger partial charge in [-0.1, -0.05) is 24.3 Å². The maximum atomic E-state index is 11.1. The molecule has 2 aromatic heterocycles. The molecular formula is C16H14N2O2S. The van der Waals surface area contributed by atoms with Gasteiger partial charge in [-0.3, -0.25) is 0 Å². The molecule has 3 heterocycles. The van der Waals surface area contributed by atoms with Crippen LogP contribution < -0.4 is 5.32 Å². The summed E-state index contributed by atoms with van der Waals surface area (Å²) in [6, 6.07) is 12.3. The Kier molecular flexibility index (Phi) is 2.83. The molecule has 0 aliphatic carbocycles. The minimum atomic E-state index is -0.852. The molecule has 2 N–H and O–H groups in total. The second-order valence-electron chi connectivity index (χ2n) is 5.18. The summed E-state index contributed by atoms with van der Waals surface area (Å²) in [5, 5.41) is 12.6. The Morgan fingerprint density at radius 3 is 3.00 bits per heavy atom. The van der Waals surface area contributed by atoms with Gasteiger partial charge in [0.05, 0.1) is 15.9 Å². The van der Waals surface area contributed by atoms with Crippen molar-refractivity contribution in [2.45, 2.75) is 13.1 Å². The number of benzene rings is 1. The first-order valence-electron chi connectivity index (χ1n) is 6.89. The number of thiophene rings is 1. The van der Waals surface area contributed by atoms with Gasteiger partial charge in [-0.15, -0.1) is 11.3 Å². The third-order valence-electron chi connectivity index (χ3n) is 3.92. The van der Waals surface area contributed by atoms with E-state index in [4.69, 9.17) is 5.11 Å². The van der Waals surface area contributed by atoms with Gasteiger partial charge in [0.15, 0.2) is 0 Å². The summed E-state index contributed by atoms with van der Waals surface area (Å²) in [6.45, 7) is 2.60. The third-order valence-corrected chi connectivity index (χ3v) is 4.98. The molecule has 0 spiro atoms. The fraction of sp³-hybridized carbons (Fsp3) is 0.188. The molecule has 0 atom stereocenters. The van der Waals surface area contributed by atoms with Gasteiger partial charge < -0.3 is 15.0 Å². The van der Waals surface area contributed by atoms with Crippen molar-refractivity contribution in [3.05, 3.63) is 46.8 Å². The van der Waals surface area contributed by atoms with Crippen LogP contribution in [0.4, 0.5) is 0 Å². The van der Waals surface area contributed by atoms with E-state index in [9.17, 15) is 4.79 Å². The summed E-state index contributed by atoms with van der Waals surface area (Å²) in [4.78, 5) is 11.5. The maximum Gasteiger partial charge on any atom is 0.345 e. The van der Waals surface area contributed by atoms with E-state index < -0.39 is 5.97 Å². The zero-order chi connectivity index (χ0) is 14.4. The number of aromatic nitrogens is 1. The molecule has 4 rings (SSSR count). The van der Waals surface area contributed by atoms with Crippen molar-refractivity contribution in [2.24, 2.45) is 0 Å². The van der Waals surface area contributed by atoms with Gasteiger partial charge >= 0.3 is 5.97 Å². The second kappa shape index (κ2) is 4.72. The summed E-state index contributed by atoms with van der Waals surface area (Å²) in [6.07, 6.45) is 0. The van der Waals surface area contributed by atoms with E-state index in [0.29, 0.717) is 4.88 Å². The van der Waals surface area contributed by atoms with E-state index >= 15 is 0 Å². The Balaban J connectivity index is 1.98. The van der Waals surface area contributed by atoms with Crippen LogP contribution in [0.1, 0.15) is 15.2 Å². The van der Waals surface area contributed by atoms with Gasteiger partial charge in [-0.2, -0.15) is 0 Å². The van der Waals surface area contributed by atoms with Crippen molar-refractivity contribution in [3.8, 4) is 11.3 Å². The minimum Gasteiger partial charge on any atom is -0.477 e. The monoisotopic (exact) mass is 298 g/mol. The van der Waals surface area contributed by atoms with Crippen molar-refractivity contribution in [1.82, 2.24) is 9.88 Å². The van der Waals surface area contributed by atoms with Crippen LogP contribution in [0, 0.1) is 0 Å². The van der Waals surface area contributed by atoms with E-state index in [1.165, 1.54) is 28.2 Å². The highest BCUT2D eigenvalue weighted by atomic mass is 32.1. The Bertz CT molecular complexity index is 847. The zero-order valence-electron chi connectivity index (χ0n) is 11.3. The molecule has 0 fully saturated rings. The lowest BCUT2D eigenvalue weighted by molar-refractivity contribution is 0.0702. The SMILES string of the molecule is O=C(O)c1cc2c(cc3n2CCNCc2ccccc2-3)s1. The summed E-state index contributed by atoms with van der Waals surface area (Å²) in [7, 11) is 0. The van der Waals surface area contributed by atoms with Crippen LogP contribution in [0.5, 0.6) is 0 Å². The molecule has 0 saturated heterocycles. The van der Waals surface area contributed by atoms with Crippen molar-refractivity contribution in [2.75, 3.05) is 6.54 Å². The lowest BCUT2D eigenvalue weighted by Gasteiger charge is -2.18. The van der Waals surface area contributed by atoms with Crippen LogP contribution >= 0.6 is 11.3 Å². The van der Waals surface area contributed by atoms with Gasteiger partial charge in [-0.05, 0) is 17.7 Å². The minimum absolute atomic E-state index is 0.401. The lowest BCUT2D eigenvalue weighted by atomic mass is 10.0. The largest absolute Gasteiger partial charge is 0.477 e. The number of nitrogens with zero attached hydrogens (tertiary/aromatic N) is 1. The van der Waals surface area contributed by atoms with Gasteiger partial charge in [0.1, 0.15) is 4.88 Å². The molecule has 1 aliphatic heterocycles. The lowest BCUT2D eigenvalue weighted by Crippen LogP contribution is -2.22. The highest BCUT2D eigenvalue weighted by Gasteiger charge is 2.19. The van der Waals surface area contributed by atoms with E-state index in [2.05, 4.69) is 40.2 Å². The molecule has 0 amide bonds. The van der Waals surface area contributed by atoms with Crippen molar-refractivity contribution >= 4 is 27.5 Å². The number of aromatic carboxylic acids is 1. The Labute approximate surface area is 125 Å². The van der Waals surface area contributed by atoms with E-state index in [0.717, 1.165) is 29.9 Å². The zero-order valence-corrected chi connectivity index (χ0v) is 12.1. The molecule has 0 unspecified atom stereocenters. The summed E-state index contributed by atoms with van der Waals surface area (Å²) >= 11 is 1.35. The molecule has 0 saturated carbocycles. The maximum absolute atomic E-state index is 11.1. The average Bonchev–Trinajstić information content (AvgIpc) is 3.00. The number of fused-ring (bicyclic) bond motifs is 5. The second-order valence-corrected chi connectivity index (χ2v) is 6.26. The Morgan fingerprint density at radius 2 is 2.14 bits per heavy atom. The highest BCUT2D eigenvalue weighted by Crippen LogP contribution is 2.35. The summed E-state index contributed by atoms with van der Waals surface area (Å²) in [5.41, 5.74) is 4.71. The molecule has 1 aliphatic rings. The van der Waals surface area contributed by atoms with Crippen LogP contribution in [0.15, 0.2) is 36.4 Å². The van der Waals surface area contributed by atoms with E-state index in [1.54, 1.807) is 6.07 Å². The fourth-order valence-corrected chi connectivity index (χ4v) is 3.89. The van der Waals surface area contributed by atoms with Crippen molar-refractivity contribution in [3.63, 3.8) is 0 Å². The van der Waals surface area contributed by atoms with Crippen molar-refractivity contribution in [1.29, 1.82) is 0 Å². The first kappa shape index (κ1) is 12.6. The number of hydrogen-bond donors (Lipinski definition) is 2. The molecule has 4 nitrogen and oxygen atoms in total. The number of rotatable bonds is 1. The van der Waals surface area contributed by atoms with E-state index in [1.807, 2.05) is 0 Å². The topological polar surface area (TPSA) is 54.3 Å². The molecule has 0 bridgehead atoms. The number of carboxylic acid groups (broad SMARTS) is 1. The molecule has 106 valence electrons. The normalized spacial score (nSPS) is 14.3. The fourth-order valence-electron chi connectivity index (χ4n) is 2.95. The van der Waals surface area contributed by atoms with Crippen LogP contribution in [0.3, 0.4) is 0 Å². The Morgan fingerprint density at radius 1 is 1.29 bits per heavy atom.